The maximum atomic E-state index is 6.41. The first-order chi connectivity index (χ1) is 51.3. The predicted molar refractivity (Wildman–Crippen MR) is 447 cm³/mol. The molecule has 0 aliphatic heterocycles. The summed E-state index contributed by atoms with van der Waals surface area (Å²) in [4.78, 5) is 20.5. The minimum Gasteiger partial charge on any atom is -0.344 e. The van der Waals surface area contributed by atoms with E-state index in [4.69, 9.17) is 23.8 Å². The molecule has 9 nitrogen and oxygen atoms in total. The van der Waals surface area contributed by atoms with E-state index in [1.54, 1.807) is 0 Å². The molecule has 103 heavy (non-hydrogen) atoms. The van der Waals surface area contributed by atoms with Gasteiger partial charge < -0.3 is 14.5 Å². The molecule has 0 fully saturated rings. The van der Waals surface area contributed by atoms with E-state index in [1.165, 1.54) is 32.7 Å². The van der Waals surface area contributed by atoms with E-state index in [9.17, 15) is 0 Å². The molecule has 0 aliphatic carbocycles. The first-order valence-corrected chi connectivity index (χ1v) is 37.9. The van der Waals surface area contributed by atoms with Crippen LogP contribution in [-0.4, -0.2) is 45.5 Å². The number of halogens is 1. The number of hydrogen-bond donors (Lipinski definition) is 0. The number of rotatable bonds is 13. The van der Waals surface area contributed by atoms with Gasteiger partial charge in [0.05, 0.1) is 45.8 Å². The van der Waals surface area contributed by atoms with Crippen LogP contribution < -0.4 is 9.80 Å². The number of para-hydroxylation sites is 11. The molecule has 15 aromatic carbocycles. The molecule has 0 aliphatic rings. The molecule has 0 amide bonds. The summed E-state index contributed by atoms with van der Waals surface area (Å²) in [7, 11) is 11.8. The molecular formula is C89H64B2IN9P2. The molecule has 0 saturated heterocycles. The number of anilines is 6. The highest BCUT2D eigenvalue weighted by atomic mass is 127. The summed E-state index contributed by atoms with van der Waals surface area (Å²) in [5, 5.41) is 4.90. The summed E-state index contributed by atoms with van der Waals surface area (Å²) < 4.78 is 16.0. The Morgan fingerprint density at radius 2 is 0.573 bits per heavy atom. The molecular weight excluding hydrogens is 1410 g/mol. The van der Waals surface area contributed by atoms with Crippen LogP contribution in [0.4, 0.5) is 34.1 Å². The topological polar surface area (TPSA) is 72.3 Å². The van der Waals surface area contributed by atoms with Crippen molar-refractivity contribution in [3.8, 4) is 62.4 Å². The Hall–Kier alpha value is -11.8. The Labute approximate surface area is 619 Å². The van der Waals surface area contributed by atoms with Gasteiger partial charge in [0.2, 0.25) is 0 Å². The summed E-state index contributed by atoms with van der Waals surface area (Å²) >= 11 is 1.85. The molecule has 488 valence electrons. The average molecular weight is 1470 g/mol. The van der Waals surface area contributed by atoms with Crippen molar-refractivity contribution < 1.29 is 0 Å². The van der Waals surface area contributed by atoms with Gasteiger partial charge in [0, 0.05) is 67.3 Å². The van der Waals surface area contributed by atoms with E-state index in [0.29, 0.717) is 0 Å². The predicted octanol–water partition coefficient (Wildman–Crippen LogP) is 24.8. The van der Waals surface area contributed by atoms with Crippen LogP contribution in [0, 0.1) is 0 Å². The van der Waals surface area contributed by atoms with E-state index < -0.39 is 6.05 Å². The second-order valence-corrected chi connectivity index (χ2v) is 26.4. The second-order valence-electron chi connectivity index (χ2n) is 24.2. The van der Waals surface area contributed by atoms with Gasteiger partial charge in [-0.15, -0.1) is 6.05 Å². The van der Waals surface area contributed by atoms with Crippen molar-refractivity contribution in [1.29, 1.82) is 1.28 Å². The third-order valence-electron chi connectivity index (χ3n) is 18.1. The molecule has 18 aromatic rings. The van der Waals surface area contributed by atoms with Gasteiger partial charge in [-0.25, -0.2) is 15.0 Å². The smallest absolute Gasteiger partial charge is 0.265 e. The second kappa shape index (κ2) is 31.4. The van der Waals surface area contributed by atoms with Gasteiger partial charge in [-0.2, -0.15) is 0 Å². The van der Waals surface area contributed by atoms with Crippen molar-refractivity contribution in [3.05, 3.63) is 376 Å². The lowest BCUT2D eigenvalue weighted by Crippen LogP contribution is -2.10. The first kappa shape index (κ1) is 65.8. The van der Waals surface area contributed by atoms with Crippen LogP contribution in [0.15, 0.2) is 381 Å². The summed E-state index contributed by atoms with van der Waals surface area (Å²) in [6, 6.07) is 131. The van der Waals surface area contributed by atoms with E-state index in [-0.39, 0.29) is 0 Å². The largest absolute Gasteiger partial charge is 0.344 e. The molecule has 3 aromatic heterocycles. The Bertz CT molecular complexity index is 5470. The molecule has 18 rings (SSSR count). The third kappa shape index (κ3) is 14.1. The van der Waals surface area contributed by atoms with Crippen molar-refractivity contribution in [1.82, 2.24) is 28.7 Å². The Morgan fingerprint density at radius 1 is 0.320 bits per heavy atom. The van der Waals surface area contributed by atoms with Crippen LogP contribution in [0.2, 0.25) is 0 Å². The number of imidazole rings is 3. The van der Waals surface area contributed by atoms with Crippen molar-refractivity contribution in [2.24, 2.45) is 4.66 Å². The fraction of sp³-hybridized carbons (Fsp3) is 0. The molecule has 14 heteroatoms. The molecule has 0 N–H and O–H groups in total. The third-order valence-corrected chi connectivity index (χ3v) is 18.1. The van der Waals surface area contributed by atoms with Gasteiger partial charge >= 0.3 is 0 Å². The van der Waals surface area contributed by atoms with Crippen LogP contribution in [0.3, 0.4) is 0 Å². The summed E-state index contributed by atoms with van der Waals surface area (Å²) in [5.41, 5.74) is 21.1. The van der Waals surface area contributed by atoms with Crippen molar-refractivity contribution in [3.63, 3.8) is 0 Å². The molecule has 1 unspecified atom stereocenters. The van der Waals surface area contributed by atoms with Gasteiger partial charge in [-0.3, -0.25) is 13.7 Å². The first-order valence-electron chi connectivity index (χ1n) is 34.1. The lowest BCUT2D eigenvalue weighted by Gasteiger charge is -2.27. The SMILES string of the molecule is [3H]P([B])I.[B]N=P.c1ccc(-n2c(-c3cc(-c4nc5ccccc5n4-c4ccccc4)cc(-c4nc5ccccc5n4-c4ccccc4)c3)nc3ccccc32)cc1.c1ccc(N(c2ccc(-c3ccc(N(c4ccccc4)c4cccc5ccccc45)cc3)cc2)c2cccc3ccccc23)cc1. The van der Waals surface area contributed by atoms with Crippen molar-refractivity contribution in [2.45, 2.75) is 0 Å². The molecule has 1 atom stereocenters. The van der Waals surface area contributed by atoms with Gasteiger partial charge in [0.15, 0.2) is 0 Å². The highest BCUT2D eigenvalue weighted by Crippen LogP contribution is 2.44. The highest BCUT2D eigenvalue weighted by molar-refractivity contribution is 14.2. The fourth-order valence-electron chi connectivity index (χ4n) is 13.6. The Morgan fingerprint density at radius 3 is 0.893 bits per heavy atom. The average Bonchev–Trinajstić information content (AvgIpc) is 1.55. The highest BCUT2D eigenvalue weighted by Gasteiger charge is 2.24. The monoisotopic (exact) mass is 1470 g/mol. The van der Waals surface area contributed by atoms with Gasteiger partial charge in [0.1, 0.15) is 25.0 Å². The van der Waals surface area contributed by atoms with E-state index in [1.807, 2.05) is 58.4 Å². The summed E-state index contributed by atoms with van der Waals surface area (Å²) in [5.74, 6) is 2.53. The molecule has 0 bridgehead atoms. The number of hydrogen-bond acceptors (Lipinski definition) is 6. The molecule has 4 radical (unpaired) electrons. The number of benzene rings is 15. The minimum absolute atomic E-state index is 0.843. The lowest BCUT2D eigenvalue weighted by molar-refractivity contribution is 1.09. The van der Waals surface area contributed by atoms with Crippen LogP contribution in [0.5, 0.6) is 0 Å². The number of fused-ring (bicyclic) bond motifs is 5. The molecule has 0 spiro atoms. The Kier molecular flexibility index (Phi) is 20.1. The van der Waals surface area contributed by atoms with E-state index >= 15 is 0 Å². The zero-order valence-electron chi connectivity index (χ0n) is 56.8. The van der Waals surface area contributed by atoms with Crippen molar-refractivity contribution in [2.75, 3.05) is 9.80 Å². The van der Waals surface area contributed by atoms with Gasteiger partial charge in [0.25, 0.3) is 7.98 Å². The van der Waals surface area contributed by atoms with Crippen LogP contribution >= 0.6 is 37.1 Å². The van der Waals surface area contributed by atoms with Gasteiger partial charge in [-0.1, -0.05) is 246 Å². The van der Waals surface area contributed by atoms with Crippen molar-refractivity contribution >= 4 is 141 Å². The Balaban J connectivity index is 0.000000155. The molecule has 3 heterocycles. The zero-order chi connectivity index (χ0) is 70.7. The number of aromatic nitrogens is 6. The standard InChI is InChI=1S/C45H30N6.C44H32N2.BHIP.BHNP/c1-4-16-34(17-5-1)49-40-25-13-10-22-37(40)46-43(49)31-28-32(44-47-38-23-11-14-26-41(38)50(44)35-18-6-2-7-19-35)30-33(29-31)45-48-39-24-12-15-27-42(39)51(45)36-20-8-3-9-21-36;1-3-17-37(18-4-1)45(43-23-11-15-35-13-7-9-21-41(35)43)39-29-25-33(26-30-39)34-27-31-40(32-28-34)46(38-19-5-2-6-20-38)44-24-12-16-36-14-8-10-22-42(36)44;1-3-2;1-2-3/h1-30H;1-32H;2*3H/i;;3T;. The van der Waals surface area contributed by atoms with E-state index in [0.717, 1.165) is 118 Å². The normalized spacial score (nSPS) is 11.4. The lowest BCUT2D eigenvalue weighted by atomic mass is 10.0. The maximum absolute atomic E-state index is 6.41. The van der Waals surface area contributed by atoms with Crippen LogP contribution in [0.1, 0.15) is 0 Å². The zero-order valence-corrected chi connectivity index (χ0v) is 59.9. The van der Waals surface area contributed by atoms with E-state index in [2.05, 4.69) is 385 Å². The minimum atomic E-state index is -0.900. The van der Waals surface area contributed by atoms with Crippen LogP contribution in [0.25, 0.3) is 117 Å². The number of nitrogens with zero attached hydrogens (tertiary/aromatic N) is 9. The molecule has 0 saturated carbocycles. The maximum Gasteiger partial charge on any atom is 0.265 e. The van der Waals surface area contributed by atoms with Crippen LogP contribution in [-0.2, 0) is 0 Å². The van der Waals surface area contributed by atoms with Gasteiger partial charge in [-0.05, 0) is 183 Å². The summed E-state index contributed by atoms with van der Waals surface area (Å²) in [6.45, 7) is 0. The summed E-state index contributed by atoms with van der Waals surface area (Å²) in [6.07, 6.45) is 0. The fourth-order valence-corrected chi connectivity index (χ4v) is 13.6. The quantitative estimate of drug-likeness (QED) is 0.0653.